The Kier molecular flexibility index (Phi) is 3.06. The zero-order valence-electron chi connectivity index (χ0n) is 6.98. The number of hydrogen-bond acceptors (Lipinski definition) is 1. The fourth-order valence-corrected chi connectivity index (χ4v) is 1.11. The lowest BCUT2D eigenvalue weighted by Gasteiger charge is -2.01. The molecular weight excluding hydrogens is 215 g/mol. The van der Waals surface area contributed by atoms with Gasteiger partial charge in [-0.25, -0.2) is 0 Å². The van der Waals surface area contributed by atoms with Crippen molar-refractivity contribution in [2.24, 2.45) is 0 Å². The highest BCUT2D eigenvalue weighted by molar-refractivity contribution is 6.32. The van der Waals surface area contributed by atoms with E-state index in [0.717, 1.165) is 6.08 Å². The van der Waals surface area contributed by atoms with Crippen molar-refractivity contribution in [3.8, 4) is 0 Å². The third kappa shape index (κ3) is 3.30. The molecule has 1 aromatic rings. The van der Waals surface area contributed by atoms with Crippen LogP contribution in [-0.4, -0.2) is 6.18 Å². The summed E-state index contributed by atoms with van der Waals surface area (Å²) < 4.78 is 35.4. The van der Waals surface area contributed by atoms with Crippen LogP contribution in [-0.2, 0) is 0 Å². The van der Waals surface area contributed by atoms with Crippen LogP contribution < -0.4 is 5.73 Å². The molecule has 0 saturated heterocycles. The van der Waals surface area contributed by atoms with E-state index in [9.17, 15) is 13.2 Å². The van der Waals surface area contributed by atoms with Gasteiger partial charge in [0, 0.05) is 16.8 Å². The third-order valence-corrected chi connectivity index (χ3v) is 1.80. The van der Waals surface area contributed by atoms with Gasteiger partial charge in [-0.05, 0) is 23.8 Å². The number of alkyl halides is 3. The molecule has 0 amide bonds. The molecule has 0 bridgehead atoms. The molecule has 1 nitrogen and oxygen atoms in total. The van der Waals surface area contributed by atoms with Crippen LogP contribution in [0.25, 0.3) is 6.08 Å². The van der Waals surface area contributed by atoms with Crippen LogP contribution in [0.3, 0.4) is 0 Å². The lowest BCUT2D eigenvalue weighted by Crippen LogP contribution is -2.00. The molecule has 0 saturated carbocycles. The predicted octanol–water partition coefficient (Wildman–Crippen LogP) is 3.50. The maximum atomic E-state index is 11.8. The number of rotatable bonds is 1. The van der Waals surface area contributed by atoms with Gasteiger partial charge in [-0.15, -0.1) is 0 Å². The van der Waals surface area contributed by atoms with E-state index in [1.807, 2.05) is 0 Å². The topological polar surface area (TPSA) is 26.0 Å². The zero-order chi connectivity index (χ0) is 10.8. The van der Waals surface area contributed by atoms with E-state index in [2.05, 4.69) is 0 Å². The van der Waals surface area contributed by atoms with Gasteiger partial charge >= 0.3 is 6.18 Å². The molecule has 0 aliphatic heterocycles. The molecule has 0 fully saturated rings. The Morgan fingerprint density at radius 1 is 1.29 bits per heavy atom. The van der Waals surface area contributed by atoms with E-state index in [4.69, 9.17) is 17.3 Å². The molecule has 0 aromatic heterocycles. The minimum atomic E-state index is -4.33. The normalized spacial score (nSPS) is 12.3. The standard InChI is InChI=1S/C9H7ClF3N/c10-8-5-7(14)2-1-6(8)3-4-9(11,12)13/h1-5H,14H2/b4-3+. The molecule has 2 N–H and O–H groups in total. The molecule has 0 unspecified atom stereocenters. The number of nitrogen functional groups attached to an aromatic ring is 1. The van der Waals surface area contributed by atoms with Gasteiger partial charge in [0.05, 0.1) is 0 Å². The van der Waals surface area contributed by atoms with Crippen LogP contribution >= 0.6 is 11.6 Å². The number of benzene rings is 1. The monoisotopic (exact) mass is 221 g/mol. The zero-order valence-corrected chi connectivity index (χ0v) is 7.73. The van der Waals surface area contributed by atoms with Crippen molar-refractivity contribution in [1.29, 1.82) is 0 Å². The first-order valence-corrected chi connectivity index (χ1v) is 4.07. The van der Waals surface area contributed by atoms with Crippen LogP contribution in [0.4, 0.5) is 18.9 Å². The van der Waals surface area contributed by atoms with Gasteiger partial charge in [0.15, 0.2) is 0 Å². The first-order valence-electron chi connectivity index (χ1n) is 3.69. The second kappa shape index (κ2) is 3.92. The highest BCUT2D eigenvalue weighted by Crippen LogP contribution is 2.23. The van der Waals surface area contributed by atoms with Crippen LogP contribution in [0.5, 0.6) is 0 Å². The van der Waals surface area contributed by atoms with E-state index in [1.165, 1.54) is 18.2 Å². The van der Waals surface area contributed by atoms with E-state index < -0.39 is 6.18 Å². The summed E-state index contributed by atoms with van der Waals surface area (Å²) in [5, 5.41) is 0.200. The summed E-state index contributed by atoms with van der Waals surface area (Å²) in [7, 11) is 0. The first kappa shape index (κ1) is 10.9. The third-order valence-electron chi connectivity index (χ3n) is 1.48. The average molecular weight is 222 g/mol. The van der Waals surface area contributed by atoms with Gasteiger partial charge in [-0.3, -0.25) is 0 Å². The summed E-state index contributed by atoms with van der Waals surface area (Å²) in [6.45, 7) is 0. The Hall–Kier alpha value is -1.16. The number of hydrogen-bond donors (Lipinski definition) is 1. The molecule has 1 aromatic carbocycles. The summed E-state index contributed by atoms with van der Waals surface area (Å²) >= 11 is 5.66. The largest absolute Gasteiger partial charge is 0.409 e. The van der Waals surface area contributed by atoms with Crippen LogP contribution in [0.1, 0.15) is 5.56 Å². The molecule has 5 heteroatoms. The van der Waals surface area contributed by atoms with Gasteiger partial charge in [-0.1, -0.05) is 17.7 Å². The summed E-state index contributed by atoms with van der Waals surface area (Å²) in [6, 6.07) is 4.32. The molecule has 0 spiro atoms. The van der Waals surface area contributed by atoms with Crippen molar-refractivity contribution >= 4 is 23.4 Å². The highest BCUT2D eigenvalue weighted by Gasteiger charge is 2.21. The summed E-state index contributed by atoms with van der Waals surface area (Å²) in [6.07, 6.45) is -3.29. The van der Waals surface area contributed by atoms with Gasteiger partial charge in [0.1, 0.15) is 0 Å². The maximum absolute atomic E-state index is 11.8. The minimum absolute atomic E-state index is 0.129. The Labute approximate surface area is 84.0 Å². The number of nitrogens with two attached hydrogens (primary N) is 1. The second-order valence-corrected chi connectivity index (χ2v) is 3.06. The fourth-order valence-electron chi connectivity index (χ4n) is 0.863. The Morgan fingerprint density at radius 3 is 2.43 bits per heavy atom. The van der Waals surface area contributed by atoms with Crippen molar-refractivity contribution in [1.82, 2.24) is 0 Å². The summed E-state index contributed by atoms with van der Waals surface area (Å²) in [4.78, 5) is 0. The molecule has 1 rings (SSSR count). The van der Waals surface area contributed by atoms with Crippen molar-refractivity contribution in [2.45, 2.75) is 6.18 Å². The Morgan fingerprint density at radius 2 is 1.93 bits per heavy atom. The number of halogens is 4. The molecule has 0 radical (unpaired) electrons. The Balaban J connectivity index is 2.93. The molecule has 76 valence electrons. The van der Waals surface area contributed by atoms with E-state index in [0.29, 0.717) is 5.69 Å². The van der Waals surface area contributed by atoms with Crippen molar-refractivity contribution in [2.75, 3.05) is 5.73 Å². The molecule has 0 aliphatic carbocycles. The van der Waals surface area contributed by atoms with Gasteiger partial charge < -0.3 is 5.73 Å². The van der Waals surface area contributed by atoms with Gasteiger partial charge in [0.25, 0.3) is 0 Å². The van der Waals surface area contributed by atoms with Crippen molar-refractivity contribution in [3.05, 3.63) is 34.9 Å². The first-order chi connectivity index (χ1) is 6.38. The van der Waals surface area contributed by atoms with Gasteiger partial charge in [0.2, 0.25) is 0 Å². The van der Waals surface area contributed by atoms with Gasteiger partial charge in [-0.2, -0.15) is 13.2 Å². The number of allylic oxidation sites excluding steroid dienone is 1. The molecule has 0 aliphatic rings. The van der Waals surface area contributed by atoms with E-state index in [1.54, 1.807) is 0 Å². The second-order valence-electron chi connectivity index (χ2n) is 2.66. The quantitative estimate of drug-likeness (QED) is 0.722. The van der Waals surface area contributed by atoms with Crippen molar-refractivity contribution in [3.63, 3.8) is 0 Å². The van der Waals surface area contributed by atoms with Crippen LogP contribution in [0.2, 0.25) is 5.02 Å². The fraction of sp³-hybridized carbons (Fsp3) is 0.111. The summed E-state index contributed by atoms with van der Waals surface area (Å²) in [5.74, 6) is 0. The van der Waals surface area contributed by atoms with E-state index >= 15 is 0 Å². The predicted molar refractivity (Wildman–Crippen MR) is 51.0 cm³/mol. The van der Waals surface area contributed by atoms with E-state index in [-0.39, 0.29) is 16.7 Å². The lowest BCUT2D eigenvalue weighted by molar-refractivity contribution is -0.0790. The van der Waals surface area contributed by atoms with Crippen molar-refractivity contribution < 1.29 is 13.2 Å². The molecule has 0 atom stereocenters. The maximum Gasteiger partial charge on any atom is 0.409 e. The average Bonchev–Trinajstić information content (AvgIpc) is 2.00. The SMILES string of the molecule is Nc1ccc(/C=C/C(F)(F)F)c(Cl)c1. The van der Waals surface area contributed by atoms with Crippen LogP contribution in [0.15, 0.2) is 24.3 Å². The smallest absolute Gasteiger partial charge is 0.399 e. The minimum Gasteiger partial charge on any atom is -0.399 e. The molecule has 14 heavy (non-hydrogen) atoms. The van der Waals surface area contributed by atoms with Crippen LogP contribution in [0, 0.1) is 0 Å². The molecular formula is C9H7ClF3N. The summed E-state index contributed by atoms with van der Waals surface area (Å²) in [5.41, 5.74) is 6.08. The number of anilines is 1. The Bertz CT molecular complexity index is 358. The highest BCUT2D eigenvalue weighted by atomic mass is 35.5. The molecule has 0 heterocycles. The lowest BCUT2D eigenvalue weighted by atomic mass is 10.2.